The second-order valence-electron chi connectivity index (χ2n) is 7.81. The number of fused-ring (bicyclic) bond motifs is 2. The van der Waals surface area contributed by atoms with Crippen molar-refractivity contribution < 1.29 is 4.79 Å². The molecular formula is C24H24N6O. The Morgan fingerprint density at radius 3 is 2.77 bits per heavy atom. The van der Waals surface area contributed by atoms with Crippen molar-refractivity contribution >= 4 is 27.8 Å². The zero-order valence-corrected chi connectivity index (χ0v) is 17.6. The molecule has 7 nitrogen and oxygen atoms in total. The molecule has 0 atom stereocenters. The number of rotatable bonds is 6. The predicted molar refractivity (Wildman–Crippen MR) is 121 cm³/mol. The Hall–Kier alpha value is -3.87. The number of para-hydroxylation sites is 1. The molecule has 0 aliphatic heterocycles. The van der Waals surface area contributed by atoms with E-state index in [2.05, 4.69) is 34.3 Å². The molecule has 0 radical (unpaired) electrons. The van der Waals surface area contributed by atoms with Crippen LogP contribution in [0.25, 0.3) is 27.8 Å². The van der Waals surface area contributed by atoms with Gasteiger partial charge in [0.15, 0.2) is 11.5 Å². The van der Waals surface area contributed by atoms with E-state index in [0.717, 1.165) is 40.0 Å². The third-order valence-electron chi connectivity index (χ3n) is 5.54. The van der Waals surface area contributed by atoms with Crippen LogP contribution in [-0.2, 0) is 17.8 Å². The van der Waals surface area contributed by atoms with Crippen molar-refractivity contribution in [2.24, 2.45) is 0 Å². The fourth-order valence-electron chi connectivity index (χ4n) is 4.13. The van der Waals surface area contributed by atoms with Crippen LogP contribution in [0.5, 0.6) is 0 Å². The molecule has 0 saturated heterocycles. The predicted octanol–water partition coefficient (Wildman–Crippen LogP) is 3.68. The SMILES string of the molecule is Cc1cc(C)c2c(-n3cccc3)nn(CC(=O)NCCc3c[nH]c4ccccc34)c2n1. The summed E-state index contributed by atoms with van der Waals surface area (Å²) in [4.78, 5) is 20.7. The fraction of sp³-hybridized carbons (Fsp3) is 0.208. The van der Waals surface area contributed by atoms with Crippen molar-refractivity contribution in [2.45, 2.75) is 26.8 Å². The average Bonchev–Trinajstić information content (AvgIpc) is 3.48. The van der Waals surface area contributed by atoms with E-state index in [-0.39, 0.29) is 12.5 Å². The summed E-state index contributed by atoms with van der Waals surface area (Å²) in [6.07, 6.45) is 6.68. The minimum absolute atomic E-state index is 0.0794. The summed E-state index contributed by atoms with van der Waals surface area (Å²) in [6, 6.07) is 14.2. The van der Waals surface area contributed by atoms with E-state index in [1.165, 1.54) is 10.9 Å². The van der Waals surface area contributed by atoms with Crippen molar-refractivity contribution in [3.8, 4) is 5.82 Å². The molecular weight excluding hydrogens is 388 g/mol. The Morgan fingerprint density at radius 1 is 1.13 bits per heavy atom. The molecule has 0 bridgehead atoms. The van der Waals surface area contributed by atoms with Gasteiger partial charge in [0.05, 0.1) is 5.39 Å². The van der Waals surface area contributed by atoms with Crippen molar-refractivity contribution in [1.82, 2.24) is 29.6 Å². The highest BCUT2D eigenvalue weighted by Gasteiger charge is 2.17. The maximum Gasteiger partial charge on any atom is 0.241 e. The van der Waals surface area contributed by atoms with Crippen molar-refractivity contribution in [3.63, 3.8) is 0 Å². The number of hydrogen-bond donors (Lipinski definition) is 2. The van der Waals surface area contributed by atoms with Gasteiger partial charge in [-0.2, -0.15) is 5.10 Å². The maximum atomic E-state index is 12.7. The van der Waals surface area contributed by atoms with Gasteiger partial charge in [-0.1, -0.05) is 18.2 Å². The van der Waals surface area contributed by atoms with Crippen molar-refractivity contribution in [1.29, 1.82) is 0 Å². The number of nitrogens with one attached hydrogen (secondary N) is 2. The minimum atomic E-state index is -0.0794. The smallest absolute Gasteiger partial charge is 0.241 e. The van der Waals surface area contributed by atoms with Crippen LogP contribution in [0.3, 0.4) is 0 Å². The lowest BCUT2D eigenvalue weighted by Crippen LogP contribution is -2.29. The molecule has 0 aliphatic carbocycles. The zero-order valence-electron chi connectivity index (χ0n) is 17.6. The molecule has 5 aromatic rings. The third-order valence-corrected chi connectivity index (χ3v) is 5.54. The number of aryl methyl sites for hydroxylation is 2. The minimum Gasteiger partial charge on any atom is -0.361 e. The van der Waals surface area contributed by atoms with Gasteiger partial charge in [-0.3, -0.25) is 4.79 Å². The van der Waals surface area contributed by atoms with Gasteiger partial charge in [-0.15, -0.1) is 0 Å². The summed E-state index contributed by atoms with van der Waals surface area (Å²) in [6.45, 7) is 4.70. The lowest BCUT2D eigenvalue weighted by Gasteiger charge is -2.06. The molecule has 2 N–H and O–H groups in total. The number of aromatic nitrogens is 5. The van der Waals surface area contributed by atoms with Crippen LogP contribution in [0, 0.1) is 13.8 Å². The van der Waals surface area contributed by atoms with Gasteiger partial charge in [0.2, 0.25) is 5.91 Å². The molecule has 7 heteroatoms. The average molecular weight is 412 g/mol. The highest BCUT2D eigenvalue weighted by Crippen LogP contribution is 2.25. The molecule has 0 spiro atoms. The fourth-order valence-corrected chi connectivity index (χ4v) is 4.13. The number of aromatic amines is 1. The Labute approximate surface area is 179 Å². The molecule has 0 unspecified atom stereocenters. The maximum absolute atomic E-state index is 12.7. The third kappa shape index (κ3) is 3.59. The molecule has 5 rings (SSSR count). The van der Waals surface area contributed by atoms with Crippen molar-refractivity contribution in [3.05, 3.63) is 77.9 Å². The molecule has 156 valence electrons. The Balaban J connectivity index is 1.34. The number of carbonyl (C=O) groups excluding carboxylic acids is 1. The van der Waals surface area contributed by atoms with E-state index < -0.39 is 0 Å². The first-order chi connectivity index (χ1) is 15.1. The second kappa shape index (κ2) is 7.75. The standard InChI is InChI=1S/C24H24N6O/c1-16-13-17(2)27-23-22(16)24(29-11-5-6-12-29)28-30(23)15-21(31)25-10-9-18-14-26-20-8-4-3-7-19(18)20/h3-8,11-14,26H,9-10,15H2,1-2H3,(H,25,31). The normalized spacial score (nSPS) is 11.4. The lowest BCUT2D eigenvalue weighted by atomic mass is 10.1. The molecule has 0 saturated carbocycles. The number of benzene rings is 1. The van der Waals surface area contributed by atoms with Crippen LogP contribution in [0.2, 0.25) is 0 Å². The van der Waals surface area contributed by atoms with E-state index in [9.17, 15) is 4.79 Å². The quantitative estimate of drug-likeness (QED) is 0.446. The molecule has 4 heterocycles. The van der Waals surface area contributed by atoms with E-state index >= 15 is 0 Å². The zero-order chi connectivity index (χ0) is 21.4. The largest absolute Gasteiger partial charge is 0.361 e. The highest BCUT2D eigenvalue weighted by atomic mass is 16.2. The van der Waals surface area contributed by atoms with Gasteiger partial charge in [0, 0.05) is 41.7 Å². The van der Waals surface area contributed by atoms with Gasteiger partial charge in [-0.25, -0.2) is 9.67 Å². The van der Waals surface area contributed by atoms with Crippen LogP contribution in [0.4, 0.5) is 0 Å². The van der Waals surface area contributed by atoms with Crippen LogP contribution < -0.4 is 5.32 Å². The van der Waals surface area contributed by atoms with E-state index in [4.69, 9.17) is 5.10 Å². The second-order valence-corrected chi connectivity index (χ2v) is 7.81. The molecule has 31 heavy (non-hydrogen) atoms. The van der Waals surface area contributed by atoms with Crippen LogP contribution in [0.15, 0.2) is 61.1 Å². The lowest BCUT2D eigenvalue weighted by molar-refractivity contribution is -0.121. The van der Waals surface area contributed by atoms with Gasteiger partial charge in [0.1, 0.15) is 6.54 Å². The highest BCUT2D eigenvalue weighted by molar-refractivity contribution is 5.88. The van der Waals surface area contributed by atoms with E-state index in [1.807, 2.05) is 60.4 Å². The van der Waals surface area contributed by atoms with Crippen LogP contribution >= 0.6 is 0 Å². The molecule has 1 amide bonds. The Bertz CT molecular complexity index is 1380. The number of nitrogens with zero attached hydrogens (tertiary/aromatic N) is 4. The van der Waals surface area contributed by atoms with Gasteiger partial charge in [0.25, 0.3) is 0 Å². The monoisotopic (exact) mass is 412 g/mol. The number of amides is 1. The van der Waals surface area contributed by atoms with Crippen LogP contribution in [0.1, 0.15) is 16.8 Å². The first kappa shape index (κ1) is 19.1. The molecule has 1 aromatic carbocycles. The first-order valence-corrected chi connectivity index (χ1v) is 10.4. The summed E-state index contributed by atoms with van der Waals surface area (Å²) >= 11 is 0. The number of hydrogen-bond acceptors (Lipinski definition) is 3. The Morgan fingerprint density at radius 2 is 1.94 bits per heavy atom. The van der Waals surface area contributed by atoms with Crippen molar-refractivity contribution in [2.75, 3.05) is 6.54 Å². The topological polar surface area (TPSA) is 80.5 Å². The van der Waals surface area contributed by atoms with E-state index in [1.54, 1.807) is 4.68 Å². The number of carbonyl (C=O) groups is 1. The summed E-state index contributed by atoms with van der Waals surface area (Å²) in [5.74, 6) is 0.709. The molecule has 4 aromatic heterocycles. The number of pyridine rings is 1. The van der Waals surface area contributed by atoms with Gasteiger partial charge >= 0.3 is 0 Å². The summed E-state index contributed by atoms with van der Waals surface area (Å²) < 4.78 is 3.66. The summed E-state index contributed by atoms with van der Waals surface area (Å²) in [5, 5.41) is 9.91. The van der Waals surface area contributed by atoms with Gasteiger partial charge in [-0.05, 0) is 55.7 Å². The summed E-state index contributed by atoms with van der Waals surface area (Å²) in [7, 11) is 0. The molecule has 0 aliphatic rings. The summed E-state index contributed by atoms with van der Waals surface area (Å²) in [5.41, 5.74) is 5.04. The van der Waals surface area contributed by atoms with Crippen LogP contribution in [-0.4, -0.2) is 36.8 Å². The van der Waals surface area contributed by atoms with E-state index in [0.29, 0.717) is 6.54 Å². The number of H-pyrrole nitrogens is 1. The first-order valence-electron chi connectivity index (χ1n) is 10.4. The van der Waals surface area contributed by atoms with Gasteiger partial charge < -0.3 is 14.9 Å². The Kier molecular flexibility index (Phi) is 4.78. The molecule has 0 fully saturated rings.